The van der Waals surface area contributed by atoms with Gasteiger partial charge in [0.25, 0.3) is 5.56 Å². The molecule has 0 bridgehead atoms. The second kappa shape index (κ2) is 6.19. The molecule has 1 heterocycles. The zero-order valence-corrected chi connectivity index (χ0v) is 10.7. The Morgan fingerprint density at radius 2 is 2.06 bits per heavy atom. The number of aromatic nitrogens is 2. The van der Waals surface area contributed by atoms with Gasteiger partial charge in [0.05, 0.1) is 4.47 Å². The van der Waals surface area contributed by atoms with Gasteiger partial charge in [0, 0.05) is 19.3 Å². The van der Waals surface area contributed by atoms with Crippen molar-refractivity contribution in [3.8, 4) is 0 Å². The van der Waals surface area contributed by atoms with Gasteiger partial charge >= 0.3 is 11.9 Å². The molecule has 1 rings (SSSR count). The van der Waals surface area contributed by atoms with Crippen LogP contribution in [0, 0.1) is 0 Å². The van der Waals surface area contributed by atoms with Crippen LogP contribution in [0.1, 0.15) is 6.42 Å². The van der Waals surface area contributed by atoms with E-state index in [-0.39, 0.29) is 24.0 Å². The number of aromatic amines is 1. The summed E-state index contributed by atoms with van der Waals surface area (Å²) >= 11 is 2.95. The smallest absolute Gasteiger partial charge is 0.372 e. The summed E-state index contributed by atoms with van der Waals surface area (Å²) in [6, 6.07) is 0. The highest BCUT2D eigenvalue weighted by atomic mass is 79.9. The molecule has 18 heavy (non-hydrogen) atoms. The van der Waals surface area contributed by atoms with Crippen LogP contribution >= 0.6 is 15.9 Å². The van der Waals surface area contributed by atoms with Gasteiger partial charge in [-0.3, -0.25) is 9.36 Å². The number of nitrogens with one attached hydrogen (secondary N) is 1. The maximum atomic E-state index is 11.7. The highest BCUT2D eigenvalue weighted by Crippen LogP contribution is 2.14. The number of rotatable bonds is 5. The Hall–Kier alpha value is -1.09. The van der Waals surface area contributed by atoms with Gasteiger partial charge in [-0.25, -0.2) is 4.79 Å². The van der Waals surface area contributed by atoms with Gasteiger partial charge in [0.2, 0.25) is 0 Å². The van der Waals surface area contributed by atoms with Crippen molar-refractivity contribution >= 4 is 15.9 Å². The van der Waals surface area contributed by atoms with E-state index in [0.29, 0.717) is 0 Å². The highest BCUT2D eigenvalue weighted by molar-refractivity contribution is 9.10. The van der Waals surface area contributed by atoms with Crippen LogP contribution in [0.15, 0.2) is 20.3 Å². The predicted molar refractivity (Wildman–Crippen MR) is 60.5 cm³/mol. The van der Waals surface area contributed by atoms with Crippen molar-refractivity contribution in [2.24, 2.45) is 0 Å². The first-order valence-corrected chi connectivity index (χ1v) is 5.73. The Morgan fingerprint density at radius 1 is 1.39 bits per heavy atom. The van der Waals surface area contributed by atoms with E-state index in [2.05, 4.69) is 25.7 Å². The Bertz CT molecular complexity index is 509. The van der Waals surface area contributed by atoms with E-state index in [1.165, 1.54) is 6.20 Å². The van der Waals surface area contributed by atoms with Crippen molar-refractivity contribution in [1.82, 2.24) is 9.55 Å². The summed E-state index contributed by atoms with van der Waals surface area (Å²) in [5.74, 6) is 0. The lowest BCUT2D eigenvalue weighted by Crippen LogP contribution is -2.35. The van der Waals surface area contributed by atoms with Crippen LogP contribution in [0.25, 0.3) is 0 Å². The van der Waals surface area contributed by atoms with Gasteiger partial charge in [-0.15, -0.1) is 0 Å². The molecule has 0 radical (unpaired) electrons. The van der Waals surface area contributed by atoms with E-state index in [9.17, 15) is 22.8 Å². The summed E-state index contributed by atoms with van der Waals surface area (Å²) in [7, 11) is 0. The number of H-pyrrole nitrogens is 1. The molecule has 0 atom stereocenters. The predicted octanol–water partition coefficient (Wildman–Crippen LogP) is 1.27. The van der Waals surface area contributed by atoms with E-state index in [0.717, 1.165) is 4.57 Å². The lowest BCUT2D eigenvalue weighted by molar-refractivity contribution is -0.174. The zero-order valence-electron chi connectivity index (χ0n) is 9.09. The molecule has 0 aromatic carbocycles. The van der Waals surface area contributed by atoms with Crippen LogP contribution in [-0.2, 0) is 11.3 Å². The average Bonchev–Trinajstić information content (AvgIpc) is 2.26. The third-order valence-corrected chi connectivity index (χ3v) is 2.52. The molecule has 0 aliphatic carbocycles. The monoisotopic (exact) mass is 330 g/mol. The molecule has 0 aliphatic heterocycles. The van der Waals surface area contributed by atoms with Crippen LogP contribution < -0.4 is 11.2 Å². The molecule has 0 fully saturated rings. The lowest BCUT2D eigenvalue weighted by Gasteiger charge is -2.08. The number of halogens is 4. The van der Waals surface area contributed by atoms with Gasteiger partial charge in [0.1, 0.15) is 6.61 Å². The topological polar surface area (TPSA) is 64.1 Å². The summed E-state index contributed by atoms with van der Waals surface area (Å²) < 4.78 is 40.7. The van der Waals surface area contributed by atoms with Gasteiger partial charge in [-0.05, 0) is 22.4 Å². The first-order chi connectivity index (χ1) is 8.31. The van der Waals surface area contributed by atoms with Crippen LogP contribution in [0.5, 0.6) is 0 Å². The molecule has 9 heteroatoms. The number of alkyl halides is 3. The molecule has 0 spiro atoms. The summed E-state index contributed by atoms with van der Waals surface area (Å²) in [6.07, 6.45) is -3.03. The Morgan fingerprint density at radius 3 is 2.67 bits per heavy atom. The number of ether oxygens (including phenoxy) is 1. The van der Waals surface area contributed by atoms with Crippen molar-refractivity contribution in [1.29, 1.82) is 0 Å². The fourth-order valence-corrected chi connectivity index (χ4v) is 1.53. The van der Waals surface area contributed by atoms with Crippen molar-refractivity contribution in [2.75, 3.05) is 13.2 Å². The zero-order chi connectivity index (χ0) is 13.8. The van der Waals surface area contributed by atoms with Gasteiger partial charge in [-0.1, -0.05) is 0 Å². The largest absolute Gasteiger partial charge is 0.411 e. The van der Waals surface area contributed by atoms with E-state index in [1.807, 2.05) is 0 Å². The molecule has 1 aromatic rings. The molecule has 0 amide bonds. The van der Waals surface area contributed by atoms with Crippen LogP contribution in [0.4, 0.5) is 13.2 Å². The Labute approximate surface area is 108 Å². The van der Waals surface area contributed by atoms with Crippen LogP contribution in [0.2, 0.25) is 0 Å². The molecule has 5 nitrogen and oxygen atoms in total. The maximum absolute atomic E-state index is 11.7. The highest BCUT2D eigenvalue weighted by Gasteiger charge is 2.27. The van der Waals surface area contributed by atoms with Crippen LogP contribution in [-0.4, -0.2) is 28.9 Å². The SMILES string of the molecule is O=c1[nH]cc(Br)c(=O)n1CCCOCC(F)(F)F. The lowest BCUT2D eigenvalue weighted by atomic mass is 10.4. The van der Waals surface area contributed by atoms with E-state index >= 15 is 0 Å². The normalized spacial score (nSPS) is 11.8. The average molecular weight is 331 g/mol. The Kier molecular flexibility index (Phi) is 5.15. The van der Waals surface area contributed by atoms with E-state index in [4.69, 9.17) is 0 Å². The van der Waals surface area contributed by atoms with Crippen molar-refractivity contribution in [3.05, 3.63) is 31.5 Å². The molecular weight excluding hydrogens is 321 g/mol. The van der Waals surface area contributed by atoms with Crippen LogP contribution in [0.3, 0.4) is 0 Å². The third-order valence-electron chi connectivity index (χ3n) is 1.95. The summed E-state index contributed by atoms with van der Waals surface area (Å²) in [5.41, 5.74) is -1.14. The first-order valence-electron chi connectivity index (χ1n) is 4.94. The number of hydrogen-bond donors (Lipinski definition) is 1. The second-order valence-electron chi connectivity index (χ2n) is 3.42. The number of nitrogens with zero attached hydrogens (tertiary/aromatic N) is 1. The summed E-state index contributed by atoms with van der Waals surface area (Å²) in [4.78, 5) is 25.1. The molecule has 1 aromatic heterocycles. The minimum atomic E-state index is -4.37. The minimum Gasteiger partial charge on any atom is -0.372 e. The molecule has 0 saturated heterocycles. The first kappa shape index (κ1) is 15.0. The standard InChI is InChI=1S/C9H10BrF3N2O3/c10-6-4-14-8(17)15(7(6)16)2-1-3-18-5-9(11,12)13/h4H,1-3,5H2,(H,14,17). The number of hydrogen-bond acceptors (Lipinski definition) is 3. The van der Waals surface area contributed by atoms with Gasteiger partial charge < -0.3 is 9.72 Å². The van der Waals surface area contributed by atoms with E-state index < -0.39 is 24.0 Å². The fraction of sp³-hybridized carbons (Fsp3) is 0.556. The molecule has 0 unspecified atom stereocenters. The van der Waals surface area contributed by atoms with Crippen molar-refractivity contribution < 1.29 is 17.9 Å². The Balaban J connectivity index is 2.48. The molecule has 0 aliphatic rings. The van der Waals surface area contributed by atoms with Crippen molar-refractivity contribution in [2.45, 2.75) is 19.1 Å². The molecule has 102 valence electrons. The second-order valence-corrected chi connectivity index (χ2v) is 4.27. The minimum absolute atomic E-state index is 0.00847. The summed E-state index contributed by atoms with van der Waals surface area (Å²) in [6.45, 7) is -1.53. The van der Waals surface area contributed by atoms with E-state index in [1.54, 1.807) is 0 Å². The van der Waals surface area contributed by atoms with Gasteiger partial charge in [0.15, 0.2) is 0 Å². The fourth-order valence-electron chi connectivity index (χ4n) is 1.20. The summed E-state index contributed by atoms with van der Waals surface area (Å²) in [5, 5.41) is 0. The molecule has 1 N–H and O–H groups in total. The van der Waals surface area contributed by atoms with Gasteiger partial charge in [-0.2, -0.15) is 13.2 Å². The maximum Gasteiger partial charge on any atom is 0.411 e. The molecular formula is C9H10BrF3N2O3. The quantitative estimate of drug-likeness (QED) is 0.827. The molecule has 0 saturated carbocycles. The van der Waals surface area contributed by atoms with Crippen molar-refractivity contribution in [3.63, 3.8) is 0 Å². The third kappa shape index (κ3) is 4.65.